The maximum Gasteiger partial charge on any atom is 0.234 e. The number of anilines is 3. The van der Waals surface area contributed by atoms with Gasteiger partial charge in [0.05, 0.1) is 17.9 Å². The number of nitrogens with zero attached hydrogens (tertiary/aromatic N) is 1. The highest BCUT2D eigenvalue weighted by Crippen LogP contribution is 2.23. The molecule has 3 rings (SSSR count). The molecule has 3 amide bonds. The van der Waals surface area contributed by atoms with E-state index in [9.17, 15) is 14.4 Å². The lowest BCUT2D eigenvalue weighted by Crippen LogP contribution is -2.15. The first-order chi connectivity index (χ1) is 14.9. The summed E-state index contributed by atoms with van der Waals surface area (Å²) in [4.78, 5) is 39.8. The van der Waals surface area contributed by atoms with Gasteiger partial charge in [0.2, 0.25) is 17.7 Å². The monoisotopic (exact) mass is 474 g/mol. The van der Waals surface area contributed by atoms with Crippen LogP contribution in [0.4, 0.5) is 17.1 Å². The number of aromatic nitrogens is 1. The van der Waals surface area contributed by atoms with Crippen molar-refractivity contribution >= 4 is 69.5 Å². The second-order valence-electron chi connectivity index (χ2n) is 6.43. The van der Waals surface area contributed by atoms with Crippen molar-refractivity contribution in [1.82, 2.24) is 4.98 Å². The Bertz CT molecular complexity index is 1070. The lowest BCUT2D eigenvalue weighted by molar-refractivity contribution is -0.116. The molecule has 1 aromatic heterocycles. The second kappa shape index (κ2) is 10.9. The van der Waals surface area contributed by atoms with Crippen molar-refractivity contribution < 1.29 is 14.4 Å². The Morgan fingerprint density at radius 1 is 0.903 bits per heavy atom. The van der Waals surface area contributed by atoms with Gasteiger partial charge in [-0.15, -0.1) is 11.3 Å². The Balaban J connectivity index is 1.44. The van der Waals surface area contributed by atoms with Crippen molar-refractivity contribution in [3.63, 3.8) is 0 Å². The van der Waals surface area contributed by atoms with Crippen LogP contribution in [0.5, 0.6) is 0 Å². The van der Waals surface area contributed by atoms with Crippen LogP contribution in [0, 0.1) is 0 Å². The predicted octanol–water partition coefficient (Wildman–Crippen LogP) is 4.67. The molecule has 0 fully saturated rings. The van der Waals surface area contributed by atoms with E-state index < -0.39 is 0 Å². The lowest BCUT2D eigenvalue weighted by atomic mass is 10.3. The molecule has 0 radical (unpaired) electrons. The van der Waals surface area contributed by atoms with Gasteiger partial charge < -0.3 is 16.0 Å². The highest BCUT2D eigenvalue weighted by atomic mass is 35.5. The third kappa shape index (κ3) is 7.71. The number of amides is 3. The van der Waals surface area contributed by atoms with Crippen LogP contribution in [0.2, 0.25) is 5.02 Å². The fraction of sp³-hybridized carbons (Fsp3) is 0.143. The summed E-state index contributed by atoms with van der Waals surface area (Å²) in [6.07, 6.45) is 0.145. The van der Waals surface area contributed by atoms with E-state index >= 15 is 0 Å². The molecule has 3 aromatic rings. The smallest absolute Gasteiger partial charge is 0.234 e. The number of rotatable bonds is 8. The van der Waals surface area contributed by atoms with Gasteiger partial charge in [0, 0.05) is 34.4 Å². The van der Waals surface area contributed by atoms with Gasteiger partial charge in [0.1, 0.15) is 0 Å². The minimum atomic E-state index is -0.176. The summed E-state index contributed by atoms with van der Waals surface area (Å²) in [5, 5.41) is 10.7. The van der Waals surface area contributed by atoms with Gasteiger partial charge in [-0.2, -0.15) is 0 Å². The van der Waals surface area contributed by atoms with Crippen LogP contribution in [0.25, 0.3) is 0 Å². The van der Waals surface area contributed by atoms with Crippen LogP contribution < -0.4 is 16.0 Å². The first kappa shape index (κ1) is 22.8. The van der Waals surface area contributed by atoms with Crippen LogP contribution in [-0.2, 0) is 20.8 Å². The summed E-state index contributed by atoms with van der Waals surface area (Å²) < 4.78 is 0.713. The highest BCUT2D eigenvalue weighted by Gasteiger charge is 2.11. The van der Waals surface area contributed by atoms with Crippen LogP contribution in [0.3, 0.4) is 0 Å². The molecule has 0 spiro atoms. The van der Waals surface area contributed by atoms with Gasteiger partial charge >= 0.3 is 0 Å². The van der Waals surface area contributed by atoms with E-state index in [4.69, 9.17) is 11.6 Å². The summed E-state index contributed by atoms with van der Waals surface area (Å²) in [7, 11) is 0. The maximum absolute atomic E-state index is 12.2. The SMILES string of the molecule is CC(=O)Nc1ccc(NC(=O)CSc2nc(CC(=O)Nc3ccc(Cl)cc3)cs2)cc1. The molecule has 160 valence electrons. The highest BCUT2D eigenvalue weighted by molar-refractivity contribution is 8.01. The van der Waals surface area contributed by atoms with Crippen molar-refractivity contribution in [1.29, 1.82) is 0 Å². The van der Waals surface area contributed by atoms with E-state index in [1.165, 1.54) is 30.0 Å². The number of carbonyl (C=O) groups is 3. The molecule has 1 heterocycles. The fourth-order valence-corrected chi connectivity index (χ4v) is 4.27. The lowest BCUT2D eigenvalue weighted by Gasteiger charge is -2.06. The molecule has 0 aliphatic carbocycles. The third-order valence-corrected chi connectivity index (χ3v) is 6.14. The quantitative estimate of drug-likeness (QED) is 0.412. The molecule has 31 heavy (non-hydrogen) atoms. The van der Waals surface area contributed by atoms with E-state index in [1.807, 2.05) is 5.38 Å². The van der Waals surface area contributed by atoms with Gasteiger partial charge in [-0.3, -0.25) is 14.4 Å². The van der Waals surface area contributed by atoms with Gasteiger partial charge in [0.25, 0.3) is 0 Å². The molecule has 0 aliphatic heterocycles. The average Bonchev–Trinajstić information content (AvgIpc) is 3.16. The molecule has 0 bridgehead atoms. The third-order valence-electron chi connectivity index (χ3n) is 3.82. The number of carbonyl (C=O) groups excluding carboxylic acids is 3. The second-order valence-corrected chi connectivity index (χ2v) is 8.95. The van der Waals surface area contributed by atoms with Gasteiger partial charge in [0.15, 0.2) is 4.34 Å². The largest absolute Gasteiger partial charge is 0.326 e. The molecule has 7 nitrogen and oxygen atoms in total. The van der Waals surface area contributed by atoms with Crippen molar-refractivity contribution in [2.45, 2.75) is 17.7 Å². The Kier molecular flexibility index (Phi) is 8.05. The predicted molar refractivity (Wildman–Crippen MR) is 126 cm³/mol. The number of thioether (sulfide) groups is 1. The number of thiazole rings is 1. The van der Waals surface area contributed by atoms with Crippen LogP contribution in [0.15, 0.2) is 58.3 Å². The number of hydrogen-bond acceptors (Lipinski definition) is 6. The summed E-state index contributed by atoms with van der Waals surface area (Å²) >= 11 is 8.53. The zero-order valence-corrected chi connectivity index (χ0v) is 18.9. The van der Waals surface area contributed by atoms with Crippen molar-refractivity contribution in [2.75, 3.05) is 21.7 Å². The van der Waals surface area contributed by atoms with Crippen molar-refractivity contribution in [3.8, 4) is 0 Å². The first-order valence-electron chi connectivity index (χ1n) is 9.17. The molecule has 10 heteroatoms. The summed E-state index contributed by atoms with van der Waals surface area (Å²) in [5.74, 6) is -0.310. The average molecular weight is 475 g/mol. The fourth-order valence-electron chi connectivity index (χ4n) is 2.50. The standard InChI is InChI=1S/C21H19ClN4O3S2/c1-13(27)23-15-6-8-17(9-7-15)25-20(29)12-31-21-26-18(11-30-21)10-19(28)24-16-4-2-14(22)3-5-16/h2-9,11H,10,12H2,1H3,(H,23,27)(H,24,28)(H,25,29). The molecule has 0 unspecified atom stereocenters. The zero-order valence-electron chi connectivity index (χ0n) is 16.5. The molecule has 3 N–H and O–H groups in total. The molecule has 0 atom stereocenters. The Morgan fingerprint density at radius 2 is 1.45 bits per heavy atom. The first-order valence-corrected chi connectivity index (χ1v) is 11.4. The van der Waals surface area contributed by atoms with E-state index in [0.29, 0.717) is 32.1 Å². The Hall–Kier alpha value is -2.88. The molecule has 2 aromatic carbocycles. The molecular weight excluding hydrogens is 456 g/mol. The molecule has 0 saturated carbocycles. The zero-order chi connectivity index (χ0) is 22.2. The maximum atomic E-state index is 12.2. The molecule has 0 aliphatic rings. The summed E-state index contributed by atoms with van der Waals surface area (Å²) in [6, 6.07) is 13.7. The number of hydrogen-bond donors (Lipinski definition) is 3. The number of benzene rings is 2. The van der Waals surface area contributed by atoms with E-state index in [-0.39, 0.29) is 29.9 Å². The normalized spacial score (nSPS) is 10.4. The molecule has 0 saturated heterocycles. The van der Waals surface area contributed by atoms with Crippen molar-refractivity contribution in [2.24, 2.45) is 0 Å². The van der Waals surface area contributed by atoms with Gasteiger partial charge in [-0.05, 0) is 48.5 Å². The van der Waals surface area contributed by atoms with Crippen LogP contribution in [-0.4, -0.2) is 28.5 Å². The van der Waals surface area contributed by atoms with Crippen LogP contribution in [0.1, 0.15) is 12.6 Å². The Morgan fingerprint density at radius 3 is 2.06 bits per heavy atom. The summed E-state index contributed by atoms with van der Waals surface area (Å²) in [5.41, 5.74) is 2.61. The topological polar surface area (TPSA) is 100 Å². The minimum Gasteiger partial charge on any atom is -0.326 e. The number of halogens is 1. The minimum absolute atomic E-state index is 0.145. The molecular formula is C21H19ClN4O3S2. The summed E-state index contributed by atoms with van der Waals surface area (Å²) in [6.45, 7) is 1.43. The number of nitrogens with one attached hydrogen (secondary N) is 3. The Labute approximate surface area is 192 Å². The van der Waals surface area contributed by atoms with E-state index in [2.05, 4.69) is 20.9 Å². The van der Waals surface area contributed by atoms with Gasteiger partial charge in [-0.25, -0.2) is 4.98 Å². The van der Waals surface area contributed by atoms with Gasteiger partial charge in [-0.1, -0.05) is 23.4 Å². The van der Waals surface area contributed by atoms with Crippen molar-refractivity contribution in [3.05, 3.63) is 64.6 Å². The van der Waals surface area contributed by atoms with E-state index in [0.717, 1.165) is 0 Å². The van der Waals surface area contributed by atoms with Crippen LogP contribution >= 0.6 is 34.7 Å². The van der Waals surface area contributed by atoms with E-state index in [1.54, 1.807) is 48.5 Å².